The van der Waals surface area contributed by atoms with E-state index in [2.05, 4.69) is 29.4 Å². The van der Waals surface area contributed by atoms with E-state index in [4.69, 9.17) is 18.5 Å². The van der Waals surface area contributed by atoms with Gasteiger partial charge in [-0.1, -0.05) is 76.9 Å². The number of unbranched alkanes of at least 4 members (excludes halogenated alkanes) is 12. The molecule has 0 aliphatic carbocycles. The fourth-order valence-electron chi connectivity index (χ4n) is 6.58. The van der Waals surface area contributed by atoms with Gasteiger partial charge < -0.3 is 35.0 Å². The van der Waals surface area contributed by atoms with Gasteiger partial charge >= 0.3 is 19.2 Å². The van der Waals surface area contributed by atoms with Crippen molar-refractivity contribution in [2.45, 2.75) is 146 Å². The van der Waals surface area contributed by atoms with E-state index in [0.29, 0.717) is 23.1 Å². The second kappa shape index (κ2) is 22.6. The van der Waals surface area contributed by atoms with Crippen LogP contribution in [0.4, 0.5) is 10.2 Å². The fourth-order valence-corrected chi connectivity index (χ4v) is 7.54. The standard InChI is InChI=1S/C36H57FN5O12P/c1-2-3-4-5-6-7-8-9-10-11-12-13-14-15-16-17-19-38-29-18-20-41(35(47)39-29)34-32(45)31(44)28(53-34)24-51-55(49,50)54-26-21-30(52-27(26)23-43)42-22-25(37)33(46)40-36(42)48/h9-10,18,20,22,26-28,30-32,34,43-45H,2-8,11-17,19,21,23-24H2,1H3,(H,49,50)(H,38,39,47)(H,40,46,48)/b10-9-. The predicted octanol–water partition coefficient (Wildman–Crippen LogP) is 3.78. The molecular weight excluding hydrogens is 744 g/mol. The number of hydrogen-bond donors (Lipinski definition) is 6. The van der Waals surface area contributed by atoms with E-state index in [1.54, 1.807) is 4.98 Å². The van der Waals surface area contributed by atoms with Crippen molar-refractivity contribution in [2.75, 3.05) is 25.1 Å². The number of phosphoric acid groups is 1. The highest BCUT2D eigenvalue weighted by atomic mass is 31.2. The van der Waals surface area contributed by atoms with Gasteiger partial charge in [0.1, 0.15) is 42.6 Å². The van der Waals surface area contributed by atoms with Crippen LogP contribution in [-0.2, 0) is 23.1 Å². The number of aliphatic hydroxyl groups is 3. The fraction of sp³-hybridized carbons (Fsp3) is 0.722. The first-order valence-corrected chi connectivity index (χ1v) is 20.9. The van der Waals surface area contributed by atoms with Gasteiger partial charge in [0.15, 0.2) is 6.23 Å². The minimum atomic E-state index is -4.95. The van der Waals surface area contributed by atoms with E-state index in [-0.39, 0.29) is 6.42 Å². The van der Waals surface area contributed by atoms with Crippen molar-refractivity contribution in [1.29, 1.82) is 0 Å². The number of nitrogens with zero attached hydrogens (tertiary/aromatic N) is 3. The molecule has 2 fully saturated rings. The Labute approximate surface area is 319 Å². The van der Waals surface area contributed by atoms with Crippen LogP contribution in [0.1, 0.15) is 116 Å². The molecule has 19 heteroatoms. The van der Waals surface area contributed by atoms with Gasteiger partial charge in [0.05, 0.1) is 19.4 Å². The molecule has 8 unspecified atom stereocenters. The number of allylic oxidation sites excluding steroid dienone is 2. The second-order valence-corrected chi connectivity index (χ2v) is 15.4. The first-order chi connectivity index (χ1) is 26.4. The van der Waals surface area contributed by atoms with Crippen molar-refractivity contribution in [1.82, 2.24) is 19.1 Å². The van der Waals surface area contributed by atoms with Crippen molar-refractivity contribution in [3.05, 3.63) is 67.8 Å². The van der Waals surface area contributed by atoms with Crippen LogP contribution in [0.2, 0.25) is 0 Å². The van der Waals surface area contributed by atoms with E-state index < -0.39 is 86.8 Å². The maximum absolute atomic E-state index is 13.8. The van der Waals surface area contributed by atoms with E-state index in [0.717, 1.165) is 30.3 Å². The summed E-state index contributed by atoms with van der Waals surface area (Å²) in [5.41, 5.74) is -3.01. The SMILES string of the molecule is CCCCCCCC/C=C\CCCCCCCCNc1ccn(C2OC(COP(=O)(O)OC3CC(n4cc(F)c(=O)[nH]c4=O)OC3CO)C(O)C2O)c(=O)n1. The zero-order valence-corrected chi connectivity index (χ0v) is 32.3. The van der Waals surface area contributed by atoms with Gasteiger partial charge in [-0.2, -0.15) is 9.37 Å². The van der Waals surface area contributed by atoms with Crippen molar-refractivity contribution < 1.29 is 47.7 Å². The number of aliphatic hydroxyl groups excluding tert-OH is 3. The Morgan fingerprint density at radius 3 is 2.27 bits per heavy atom. The smallest absolute Gasteiger partial charge is 0.394 e. The van der Waals surface area contributed by atoms with Crippen molar-refractivity contribution >= 4 is 13.6 Å². The number of anilines is 1. The summed E-state index contributed by atoms with van der Waals surface area (Å²) in [6.07, 6.45) is 13.4. The van der Waals surface area contributed by atoms with E-state index in [1.165, 1.54) is 76.5 Å². The molecule has 4 rings (SSSR count). The number of nitrogens with one attached hydrogen (secondary N) is 2. The molecule has 310 valence electrons. The van der Waals surface area contributed by atoms with Crippen LogP contribution in [0.25, 0.3) is 0 Å². The highest BCUT2D eigenvalue weighted by Gasteiger charge is 2.46. The Morgan fingerprint density at radius 1 is 0.964 bits per heavy atom. The lowest BCUT2D eigenvalue weighted by Gasteiger charge is -2.21. The highest BCUT2D eigenvalue weighted by molar-refractivity contribution is 7.47. The highest BCUT2D eigenvalue weighted by Crippen LogP contribution is 2.49. The third-order valence-electron chi connectivity index (χ3n) is 9.70. The van der Waals surface area contributed by atoms with E-state index >= 15 is 0 Å². The minimum absolute atomic E-state index is 0.313. The molecule has 2 saturated heterocycles. The Kier molecular flexibility index (Phi) is 18.4. The molecular formula is C36H57FN5O12P. The number of rotatable bonds is 25. The van der Waals surface area contributed by atoms with Crippen LogP contribution in [0.15, 0.2) is 45.0 Å². The number of aromatic amines is 1. The number of halogens is 1. The first kappa shape index (κ1) is 44.7. The normalized spacial score (nSPS) is 25.2. The van der Waals surface area contributed by atoms with Crippen LogP contribution in [0.3, 0.4) is 0 Å². The molecule has 6 N–H and O–H groups in total. The van der Waals surface area contributed by atoms with Crippen LogP contribution in [0.5, 0.6) is 0 Å². The molecule has 55 heavy (non-hydrogen) atoms. The van der Waals surface area contributed by atoms with Gasteiger partial charge in [-0.25, -0.2) is 14.2 Å². The summed E-state index contributed by atoms with van der Waals surface area (Å²) in [7, 11) is -4.95. The Balaban J connectivity index is 1.14. The summed E-state index contributed by atoms with van der Waals surface area (Å²) >= 11 is 0. The summed E-state index contributed by atoms with van der Waals surface area (Å²) in [6.45, 7) is 1.39. The largest absolute Gasteiger partial charge is 0.472 e. The zero-order chi connectivity index (χ0) is 39.8. The maximum atomic E-state index is 13.8. The van der Waals surface area contributed by atoms with Crippen LogP contribution >= 0.6 is 7.82 Å². The topological polar surface area (TPSA) is 237 Å². The molecule has 4 heterocycles. The molecule has 2 aromatic rings. The molecule has 0 bridgehead atoms. The number of phosphoric ester groups is 1. The lowest BCUT2D eigenvalue weighted by Crippen LogP contribution is -2.36. The Bertz CT molecular complexity index is 1720. The van der Waals surface area contributed by atoms with Crippen LogP contribution in [0, 0.1) is 5.82 Å². The molecule has 2 aliphatic rings. The number of aromatic nitrogens is 4. The van der Waals surface area contributed by atoms with E-state index in [9.17, 15) is 43.6 Å². The monoisotopic (exact) mass is 801 g/mol. The average molecular weight is 802 g/mol. The summed E-state index contributed by atoms with van der Waals surface area (Å²) in [5.74, 6) is -0.931. The number of ether oxygens (including phenoxy) is 2. The Morgan fingerprint density at radius 2 is 1.62 bits per heavy atom. The summed E-state index contributed by atoms with van der Waals surface area (Å²) in [6, 6.07) is 1.54. The van der Waals surface area contributed by atoms with Crippen molar-refractivity contribution in [3.8, 4) is 0 Å². The maximum Gasteiger partial charge on any atom is 0.472 e. The zero-order valence-electron chi connectivity index (χ0n) is 31.4. The summed E-state index contributed by atoms with van der Waals surface area (Å²) < 4.78 is 49.5. The first-order valence-electron chi connectivity index (χ1n) is 19.4. The molecule has 2 aliphatic heterocycles. The number of H-pyrrole nitrogens is 1. The van der Waals surface area contributed by atoms with Gasteiger partial charge in [-0.15, -0.1) is 0 Å². The average Bonchev–Trinajstić information content (AvgIpc) is 3.68. The predicted molar refractivity (Wildman–Crippen MR) is 200 cm³/mol. The van der Waals surface area contributed by atoms with Gasteiger partial charge in [-0.3, -0.25) is 28.0 Å². The molecule has 0 amide bonds. The molecule has 0 aromatic carbocycles. The van der Waals surface area contributed by atoms with Crippen LogP contribution < -0.4 is 22.3 Å². The van der Waals surface area contributed by atoms with Crippen molar-refractivity contribution in [3.63, 3.8) is 0 Å². The van der Waals surface area contributed by atoms with Crippen molar-refractivity contribution in [2.24, 2.45) is 0 Å². The van der Waals surface area contributed by atoms with E-state index in [1.807, 2.05) is 0 Å². The molecule has 0 saturated carbocycles. The minimum Gasteiger partial charge on any atom is -0.394 e. The van der Waals surface area contributed by atoms with Gasteiger partial charge in [-0.05, 0) is 38.2 Å². The lowest BCUT2D eigenvalue weighted by atomic mass is 10.1. The molecule has 0 spiro atoms. The van der Waals surface area contributed by atoms with Gasteiger partial charge in [0.2, 0.25) is 5.82 Å². The molecule has 8 atom stereocenters. The Hall–Kier alpha value is -3.06. The summed E-state index contributed by atoms with van der Waals surface area (Å²) in [5, 5.41) is 34.0. The number of hydrogen-bond acceptors (Lipinski definition) is 13. The second-order valence-electron chi connectivity index (χ2n) is 14.0. The molecule has 2 aromatic heterocycles. The third kappa shape index (κ3) is 13.8. The molecule has 0 radical (unpaired) electrons. The van der Waals surface area contributed by atoms with Gasteiger partial charge in [0, 0.05) is 19.2 Å². The van der Waals surface area contributed by atoms with Crippen LogP contribution in [-0.4, -0.2) is 89.6 Å². The molecule has 17 nitrogen and oxygen atoms in total. The lowest BCUT2D eigenvalue weighted by molar-refractivity contribution is -0.0614. The quantitative estimate of drug-likeness (QED) is 0.0476. The third-order valence-corrected chi connectivity index (χ3v) is 10.7. The summed E-state index contributed by atoms with van der Waals surface area (Å²) in [4.78, 5) is 52.5. The van der Waals surface area contributed by atoms with Gasteiger partial charge in [0.25, 0.3) is 5.56 Å².